The number of fused-ring (bicyclic) bond motifs is 1. The third-order valence-electron chi connectivity index (χ3n) is 5.35. The molecule has 1 aromatic carbocycles. The zero-order valence-corrected chi connectivity index (χ0v) is 20.2. The van der Waals surface area contributed by atoms with E-state index in [-0.39, 0.29) is 35.0 Å². The molecule has 178 valence electrons. The molecule has 0 amide bonds. The molecule has 0 radical (unpaired) electrons. The molecule has 1 aliphatic heterocycles. The number of ether oxygens (including phenoxy) is 3. The quantitative estimate of drug-likeness (QED) is 0.535. The Bertz CT molecular complexity index is 1450. The second kappa shape index (κ2) is 9.22. The topological polar surface area (TPSA) is 112 Å². The van der Waals surface area contributed by atoms with Gasteiger partial charge in [0.2, 0.25) is 5.75 Å². The van der Waals surface area contributed by atoms with Crippen LogP contribution in [0, 0.1) is 6.92 Å². The maximum absolute atomic E-state index is 13.6. The van der Waals surface area contributed by atoms with Crippen molar-refractivity contribution >= 4 is 23.4 Å². The number of carbonyl (C=O) groups is 1. The molecule has 0 unspecified atom stereocenters. The molecule has 3 heterocycles. The van der Waals surface area contributed by atoms with Crippen LogP contribution in [0.3, 0.4) is 0 Å². The summed E-state index contributed by atoms with van der Waals surface area (Å²) in [5.41, 5.74) is 0.952. The highest BCUT2D eigenvalue weighted by Gasteiger charge is 2.35. The second-order valence-electron chi connectivity index (χ2n) is 7.52. The first-order valence-electron chi connectivity index (χ1n) is 10.5. The first kappa shape index (κ1) is 23.4. The highest BCUT2D eigenvalue weighted by Crippen LogP contribution is 2.37. The molecule has 2 aromatic heterocycles. The number of aromatic hydroxyl groups is 1. The number of esters is 1. The van der Waals surface area contributed by atoms with Crippen LogP contribution >= 0.6 is 11.3 Å². The van der Waals surface area contributed by atoms with E-state index in [0.717, 1.165) is 0 Å². The number of furan rings is 1. The van der Waals surface area contributed by atoms with Crippen molar-refractivity contribution in [1.82, 2.24) is 4.57 Å². The third kappa shape index (κ3) is 4.01. The predicted octanol–water partition coefficient (Wildman–Crippen LogP) is 2.42. The third-order valence-corrected chi connectivity index (χ3v) is 6.33. The van der Waals surface area contributed by atoms with Crippen LogP contribution in [0.2, 0.25) is 0 Å². The van der Waals surface area contributed by atoms with E-state index in [9.17, 15) is 14.7 Å². The molecule has 9 nitrogen and oxygen atoms in total. The number of benzene rings is 1. The SMILES string of the molecule is CCOC(=O)C1=C(C)N=c2s/c(=C/c3cc(OC)c(O)c(OC)c3)c(=O)n2[C@@H]1c1ccc(C)o1. The smallest absolute Gasteiger partial charge is 0.338 e. The van der Waals surface area contributed by atoms with Crippen molar-refractivity contribution in [2.45, 2.75) is 26.8 Å². The summed E-state index contributed by atoms with van der Waals surface area (Å²) in [5, 5.41) is 10.2. The number of methoxy groups -OCH3 is 2. The van der Waals surface area contributed by atoms with Gasteiger partial charge in [-0.3, -0.25) is 9.36 Å². The average molecular weight is 485 g/mol. The van der Waals surface area contributed by atoms with Gasteiger partial charge in [0.25, 0.3) is 5.56 Å². The lowest BCUT2D eigenvalue weighted by Gasteiger charge is -2.22. The fourth-order valence-corrected chi connectivity index (χ4v) is 4.86. The number of aryl methyl sites for hydroxylation is 1. The molecular formula is C24H24N2O7S. The van der Waals surface area contributed by atoms with E-state index in [0.29, 0.717) is 32.1 Å². The first-order valence-corrected chi connectivity index (χ1v) is 11.3. The predicted molar refractivity (Wildman–Crippen MR) is 125 cm³/mol. The summed E-state index contributed by atoms with van der Waals surface area (Å²) >= 11 is 1.18. The number of carbonyl (C=O) groups excluding carboxylic acids is 1. The molecular weight excluding hydrogens is 460 g/mol. The fraction of sp³-hybridized carbons (Fsp3) is 0.292. The molecule has 10 heteroatoms. The molecule has 1 N–H and O–H groups in total. The molecule has 3 aromatic rings. The Morgan fingerprint density at radius 1 is 1.24 bits per heavy atom. The summed E-state index contributed by atoms with van der Waals surface area (Å²) in [5.74, 6) is 0.829. The molecule has 4 rings (SSSR count). The number of rotatable bonds is 6. The van der Waals surface area contributed by atoms with Gasteiger partial charge in [0.1, 0.15) is 17.6 Å². The van der Waals surface area contributed by atoms with Crippen molar-refractivity contribution < 1.29 is 28.5 Å². The van der Waals surface area contributed by atoms with Gasteiger partial charge in [-0.25, -0.2) is 9.79 Å². The molecule has 0 aliphatic carbocycles. The maximum Gasteiger partial charge on any atom is 0.338 e. The largest absolute Gasteiger partial charge is 0.502 e. The first-order chi connectivity index (χ1) is 16.3. The summed E-state index contributed by atoms with van der Waals surface area (Å²) in [7, 11) is 2.86. The van der Waals surface area contributed by atoms with Crippen molar-refractivity contribution in [3.05, 3.63) is 72.3 Å². The van der Waals surface area contributed by atoms with Gasteiger partial charge >= 0.3 is 5.97 Å². The lowest BCUT2D eigenvalue weighted by molar-refractivity contribution is -0.139. The Labute approximate surface area is 198 Å². The molecule has 1 atom stereocenters. The molecule has 0 spiro atoms. The van der Waals surface area contributed by atoms with Crippen LogP contribution in [0.25, 0.3) is 6.08 Å². The van der Waals surface area contributed by atoms with Crippen LogP contribution in [0.4, 0.5) is 0 Å². The van der Waals surface area contributed by atoms with Crippen molar-refractivity contribution in [2.24, 2.45) is 4.99 Å². The van der Waals surface area contributed by atoms with Gasteiger partial charge < -0.3 is 23.7 Å². The number of phenols is 1. The average Bonchev–Trinajstić information content (AvgIpc) is 3.36. The van der Waals surface area contributed by atoms with E-state index in [1.165, 1.54) is 30.1 Å². The normalized spacial score (nSPS) is 15.7. The number of thiazole rings is 1. The van der Waals surface area contributed by atoms with Crippen LogP contribution in [0.15, 0.2) is 49.7 Å². The van der Waals surface area contributed by atoms with Gasteiger partial charge in [0.05, 0.1) is 36.6 Å². The van der Waals surface area contributed by atoms with Crippen LogP contribution in [0.1, 0.15) is 37.0 Å². The summed E-state index contributed by atoms with van der Waals surface area (Å²) in [4.78, 5) is 31.4. The standard InChI is InChI=1S/C24H24N2O7S/c1-6-32-23(29)19-13(3)25-24-26(20(19)15-8-7-12(2)33-15)22(28)18(34-24)11-14-9-16(30-4)21(27)17(10-14)31-5/h7-11,20,27H,6H2,1-5H3/b18-11+/t20-/m1/s1. The highest BCUT2D eigenvalue weighted by molar-refractivity contribution is 7.07. The summed E-state index contributed by atoms with van der Waals surface area (Å²) < 4.78 is 23.3. The highest BCUT2D eigenvalue weighted by atomic mass is 32.1. The van der Waals surface area contributed by atoms with Crippen LogP contribution < -0.4 is 24.4 Å². The minimum absolute atomic E-state index is 0.133. The minimum Gasteiger partial charge on any atom is -0.502 e. The van der Waals surface area contributed by atoms with Crippen molar-refractivity contribution in [2.75, 3.05) is 20.8 Å². The van der Waals surface area contributed by atoms with E-state index in [1.807, 2.05) is 0 Å². The lowest BCUT2D eigenvalue weighted by atomic mass is 10.0. The second-order valence-corrected chi connectivity index (χ2v) is 8.53. The van der Waals surface area contributed by atoms with Crippen molar-refractivity contribution in [3.8, 4) is 17.2 Å². The summed E-state index contributed by atoms with van der Waals surface area (Å²) in [6, 6.07) is 5.90. The number of nitrogens with zero attached hydrogens (tertiary/aromatic N) is 2. The number of aromatic nitrogens is 1. The number of hydrogen-bond donors (Lipinski definition) is 1. The summed E-state index contributed by atoms with van der Waals surface area (Å²) in [6.45, 7) is 5.41. The van der Waals surface area contributed by atoms with Gasteiger partial charge in [-0.1, -0.05) is 11.3 Å². The number of phenolic OH excluding ortho intramolecular Hbond substituents is 1. The maximum atomic E-state index is 13.6. The Kier molecular flexibility index (Phi) is 6.34. The lowest BCUT2D eigenvalue weighted by Crippen LogP contribution is -2.39. The number of allylic oxidation sites excluding steroid dienone is 1. The molecule has 1 aliphatic rings. The monoisotopic (exact) mass is 484 g/mol. The minimum atomic E-state index is -0.810. The molecule has 34 heavy (non-hydrogen) atoms. The van der Waals surface area contributed by atoms with Gasteiger partial charge in [-0.2, -0.15) is 0 Å². The van der Waals surface area contributed by atoms with E-state index in [4.69, 9.17) is 18.6 Å². The van der Waals surface area contributed by atoms with E-state index >= 15 is 0 Å². The Balaban J connectivity index is 1.94. The van der Waals surface area contributed by atoms with Crippen molar-refractivity contribution in [3.63, 3.8) is 0 Å². The van der Waals surface area contributed by atoms with Crippen LogP contribution in [-0.4, -0.2) is 36.5 Å². The zero-order chi connectivity index (χ0) is 24.6. The van der Waals surface area contributed by atoms with Gasteiger partial charge in [0.15, 0.2) is 16.3 Å². The Morgan fingerprint density at radius 3 is 2.47 bits per heavy atom. The molecule has 0 saturated heterocycles. The van der Waals surface area contributed by atoms with E-state index in [1.54, 1.807) is 51.1 Å². The molecule has 0 bridgehead atoms. The van der Waals surface area contributed by atoms with Gasteiger partial charge in [-0.05, 0) is 56.7 Å². The zero-order valence-electron chi connectivity index (χ0n) is 19.4. The molecule has 0 saturated carbocycles. The Morgan fingerprint density at radius 2 is 1.91 bits per heavy atom. The van der Waals surface area contributed by atoms with Crippen LogP contribution in [-0.2, 0) is 9.53 Å². The van der Waals surface area contributed by atoms with Crippen LogP contribution in [0.5, 0.6) is 17.2 Å². The van der Waals surface area contributed by atoms with Gasteiger partial charge in [-0.15, -0.1) is 0 Å². The van der Waals surface area contributed by atoms with E-state index in [2.05, 4.69) is 4.99 Å². The fourth-order valence-electron chi connectivity index (χ4n) is 3.81. The Hall–Kier alpha value is -3.79. The van der Waals surface area contributed by atoms with Crippen molar-refractivity contribution in [1.29, 1.82) is 0 Å². The summed E-state index contributed by atoms with van der Waals surface area (Å²) in [6.07, 6.45) is 1.65. The van der Waals surface area contributed by atoms with E-state index < -0.39 is 12.0 Å². The molecule has 0 fully saturated rings. The van der Waals surface area contributed by atoms with Gasteiger partial charge in [0, 0.05) is 0 Å². The number of hydrogen-bond acceptors (Lipinski definition) is 9.